The van der Waals surface area contributed by atoms with Crippen LogP contribution < -0.4 is 0 Å². The van der Waals surface area contributed by atoms with Gasteiger partial charge in [0.2, 0.25) is 0 Å². The first-order valence-electron chi connectivity index (χ1n) is 6.71. The smallest absolute Gasteiger partial charge is 0.0327 e. The lowest BCUT2D eigenvalue weighted by atomic mass is 9.73. The van der Waals surface area contributed by atoms with Gasteiger partial charge in [0.05, 0.1) is 0 Å². The third kappa shape index (κ3) is 3.71. The van der Waals surface area contributed by atoms with E-state index in [1.807, 2.05) is 0 Å². The number of hydrogen-bond donors (Lipinski definition) is 0. The molecular formula is C17H24ClN. The SMILES string of the molecule is CC(CC1(c2ccccc2)C=CCC=C1)N(C)C.Cl. The summed E-state index contributed by atoms with van der Waals surface area (Å²) >= 11 is 0. The molecule has 0 aliphatic heterocycles. The number of hydrogen-bond acceptors (Lipinski definition) is 1. The van der Waals surface area contributed by atoms with Gasteiger partial charge in [0.1, 0.15) is 0 Å². The van der Waals surface area contributed by atoms with Gasteiger partial charge in [-0.3, -0.25) is 0 Å². The Morgan fingerprint density at radius 2 is 1.68 bits per heavy atom. The van der Waals surface area contributed by atoms with Crippen LogP contribution >= 0.6 is 12.4 Å². The van der Waals surface area contributed by atoms with Crippen molar-refractivity contribution in [2.75, 3.05) is 14.1 Å². The maximum atomic E-state index is 2.38. The molecule has 0 amide bonds. The molecule has 1 nitrogen and oxygen atoms in total. The van der Waals surface area contributed by atoms with Crippen molar-refractivity contribution in [2.45, 2.75) is 31.2 Å². The molecule has 0 fully saturated rings. The maximum absolute atomic E-state index is 2.38. The van der Waals surface area contributed by atoms with Gasteiger partial charge in [0.15, 0.2) is 0 Å². The highest BCUT2D eigenvalue weighted by molar-refractivity contribution is 5.85. The number of benzene rings is 1. The molecule has 2 rings (SSSR count). The van der Waals surface area contributed by atoms with Crippen molar-refractivity contribution < 1.29 is 0 Å². The van der Waals surface area contributed by atoms with Crippen LogP contribution in [-0.4, -0.2) is 25.0 Å². The van der Waals surface area contributed by atoms with E-state index in [0.29, 0.717) is 6.04 Å². The molecular weight excluding hydrogens is 254 g/mol. The fourth-order valence-electron chi connectivity index (χ4n) is 2.56. The molecule has 0 heterocycles. The normalized spacial score (nSPS) is 18.1. The first-order valence-corrected chi connectivity index (χ1v) is 6.71. The molecule has 1 aromatic carbocycles. The van der Waals surface area contributed by atoms with Crippen LogP contribution in [-0.2, 0) is 5.41 Å². The van der Waals surface area contributed by atoms with Gasteiger partial charge < -0.3 is 4.90 Å². The minimum atomic E-state index is 0. The van der Waals surface area contributed by atoms with Gasteiger partial charge >= 0.3 is 0 Å². The Hall–Kier alpha value is -1.05. The second-order valence-electron chi connectivity index (χ2n) is 5.46. The lowest BCUT2D eigenvalue weighted by Crippen LogP contribution is -2.34. The largest absolute Gasteiger partial charge is 0.307 e. The van der Waals surface area contributed by atoms with Crippen molar-refractivity contribution in [1.29, 1.82) is 0 Å². The summed E-state index contributed by atoms with van der Waals surface area (Å²) in [5.41, 5.74) is 1.47. The number of allylic oxidation sites excluding steroid dienone is 4. The number of halogens is 1. The molecule has 2 heteroatoms. The van der Waals surface area contributed by atoms with Crippen LogP contribution in [0, 0.1) is 0 Å². The fraction of sp³-hybridized carbons (Fsp3) is 0.412. The van der Waals surface area contributed by atoms with E-state index in [4.69, 9.17) is 0 Å². The average Bonchev–Trinajstić information content (AvgIpc) is 2.40. The van der Waals surface area contributed by atoms with E-state index >= 15 is 0 Å². The predicted octanol–water partition coefficient (Wildman–Crippen LogP) is 4.20. The number of rotatable bonds is 4. The molecule has 0 N–H and O–H groups in total. The predicted molar refractivity (Wildman–Crippen MR) is 86.0 cm³/mol. The van der Waals surface area contributed by atoms with Crippen LogP contribution in [0.5, 0.6) is 0 Å². The monoisotopic (exact) mass is 277 g/mol. The van der Waals surface area contributed by atoms with Crippen molar-refractivity contribution in [2.24, 2.45) is 0 Å². The molecule has 104 valence electrons. The number of nitrogens with zero attached hydrogens (tertiary/aromatic N) is 1. The Balaban J connectivity index is 0.00000180. The quantitative estimate of drug-likeness (QED) is 0.746. The maximum Gasteiger partial charge on any atom is 0.0327 e. The van der Waals surface area contributed by atoms with Crippen LogP contribution in [0.3, 0.4) is 0 Å². The van der Waals surface area contributed by atoms with Gasteiger partial charge in [-0.1, -0.05) is 54.6 Å². The summed E-state index contributed by atoms with van der Waals surface area (Å²) in [5, 5.41) is 0. The Morgan fingerprint density at radius 3 is 2.21 bits per heavy atom. The molecule has 0 spiro atoms. The van der Waals surface area contributed by atoms with Crippen molar-refractivity contribution in [3.05, 3.63) is 60.2 Å². The van der Waals surface area contributed by atoms with E-state index < -0.39 is 0 Å². The molecule has 0 saturated carbocycles. The zero-order valence-electron chi connectivity index (χ0n) is 12.0. The summed E-state index contributed by atoms with van der Waals surface area (Å²) in [6.07, 6.45) is 11.5. The fourth-order valence-corrected chi connectivity index (χ4v) is 2.56. The van der Waals surface area contributed by atoms with Crippen molar-refractivity contribution in [1.82, 2.24) is 4.90 Å². The van der Waals surface area contributed by atoms with Gasteiger partial charge in [0, 0.05) is 11.5 Å². The van der Waals surface area contributed by atoms with E-state index in [1.54, 1.807) is 0 Å². The minimum absolute atomic E-state index is 0. The highest BCUT2D eigenvalue weighted by atomic mass is 35.5. The topological polar surface area (TPSA) is 3.24 Å². The molecule has 0 saturated heterocycles. The summed E-state index contributed by atoms with van der Waals surface area (Å²) in [7, 11) is 4.30. The summed E-state index contributed by atoms with van der Waals surface area (Å²) in [6.45, 7) is 2.29. The van der Waals surface area contributed by atoms with E-state index in [0.717, 1.165) is 12.8 Å². The summed E-state index contributed by atoms with van der Waals surface area (Å²) in [4.78, 5) is 2.29. The second kappa shape index (κ2) is 6.93. The van der Waals surface area contributed by atoms with Crippen LogP contribution in [0.1, 0.15) is 25.3 Å². The standard InChI is InChI=1S/C17H23N.ClH/c1-15(18(2)3)14-17(12-8-5-9-13-17)16-10-6-4-7-11-16;/h4,6-13,15H,5,14H2,1-3H3;1H. The molecule has 1 aliphatic carbocycles. The Bertz CT molecular complexity index is 422. The Morgan fingerprint density at radius 1 is 1.11 bits per heavy atom. The lowest BCUT2D eigenvalue weighted by molar-refractivity contribution is 0.275. The Labute approximate surface area is 123 Å². The van der Waals surface area contributed by atoms with Gasteiger partial charge in [-0.2, -0.15) is 0 Å². The van der Waals surface area contributed by atoms with Crippen LogP contribution in [0.4, 0.5) is 0 Å². The molecule has 1 unspecified atom stereocenters. The highest BCUT2D eigenvalue weighted by Gasteiger charge is 2.29. The van der Waals surface area contributed by atoms with Crippen molar-refractivity contribution in [3.8, 4) is 0 Å². The summed E-state index contributed by atoms with van der Waals surface area (Å²) in [6, 6.07) is 11.4. The van der Waals surface area contributed by atoms with Crippen molar-refractivity contribution >= 4 is 12.4 Å². The summed E-state index contributed by atoms with van der Waals surface area (Å²) in [5.74, 6) is 0. The lowest BCUT2D eigenvalue weighted by Gasteiger charge is -2.35. The van der Waals surface area contributed by atoms with E-state index in [2.05, 4.69) is 80.6 Å². The molecule has 0 aromatic heterocycles. The summed E-state index contributed by atoms with van der Waals surface area (Å²) < 4.78 is 0. The third-order valence-corrected chi connectivity index (χ3v) is 3.93. The average molecular weight is 278 g/mol. The zero-order chi connectivity index (χ0) is 13.0. The molecule has 1 aromatic rings. The van der Waals surface area contributed by atoms with Crippen LogP contribution in [0.15, 0.2) is 54.6 Å². The highest BCUT2D eigenvalue weighted by Crippen LogP contribution is 2.35. The molecule has 1 atom stereocenters. The minimum Gasteiger partial charge on any atom is -0.307 e. The molecule has 0 bridgehead atoms. The first kappa shape index (κ1) is 16.0. The second-order valence-corrected chi connectivity index (χ2v) is 5.46. The zero-order valence-corrected chi connectivity index (χ0v) is 12.9. The van der Waals surface area contributed by atoms with Gasteiger partial charge in [-0.05, 0) is 39.4 Å². The van der Waals surface area contributed by atoms with Gasteiger partial charge in [-0.15, -0.1) is 12.4 Å². The van der Waals surface area contributed by atoms with E-state index in [1.165, 1.54) is 5.56 Å². The van der Waals surface area contributed by atoms with Crippen molar-refractivity contribution in [3.63, 3.8) is 0 Å². The van der Waals surface area contributed by atoms with E-state index in [-0.39, 0.29) is 17.8 Å². The first-order chi connectivity index (χ1) is 8.64. The van der Waals surface area contributed by atoms with Gasteiger partial charge in [0.25, 0.3) is 0 Å². The van der Waals surface area contributed by atoms with Crippen LogP contribution in [0.2, 0.25) is 0 Å². The molecule has 1 aliphatic rings. The molecule has 19 heavy (non-hydrogen) atoms. The van der Waals surface area contributed by atoms with Gasteiger partial charge in [-0.25, -0.2) is 0 Å². The third-order valence-electron chi connectivity index (χ3n) is 3.93. The molecule has 0 radical (unpaired) electrons. The van der Waals surface area contributed by atoms with E-state index in [9.17, 15) is 0 Å². The Kier molecular flexibility index (Phi) is 5.84. The van der Waals surface area contributed by atoms with Crippen LogP contribution in [0.25, 0.3) is 0 Å².